The van der Waals surface area contributed by atoms with E-state index in [2.05, 4.69) is 5.32 Å². The molecule has 1 aromatic rings. The summed E-state index contributed by atoms with van der Waals surface area (Å²) in [6.07, 6.45) is 6.19. The first-order valence-electron chi connectivity index (χ1n) is 13.2. The maximum Gasteiger partial charge on any atom is 0.306 e. The highest BCUT2D eigenvalue weighted by molar-refractivity contribution is 6.00. The van der Waals surface area contributed by atoms with Crippen molar-refractivity contribution >= 4 is 17.8 Å². The molecule has 8 heteroatoms. The van der Waals surface area contributed by atoms with E-state index in [-0.39, 0.29) is 31.3 Å². The zero-order chi connectivity index (χ0) is 26.2. The van der Waals surface area contributed by atoms with Gasteiger partial charge < -0.3 is 24.6 Å². The lowest BCUT2D eigenvalue weighted by atomic mass is 9.86. The molecule has 8 nitrogen and oxygen atoms in total. The lowest BCUT2D eigenvalue weighted by molar-refractivity contribution is -0.155. The molecule has 1 aromatic carbocycles. The fraction of sp³-hybridized carbons (Fsp3) is 0.679. The first kappa shape index (κ1) is 28.0. The van der Waals surface area contributed by atoms with Gasteiger partial charge in [0.25, 0.3) is 5.91 Å². The number of nitrogens with zero attached hydrogens (tertiary/aromatic N) is 1. The Hall–Kier alpha value is -2.61. The second-order valence-electron chi connectivity index (χ2n) is 10.9. The number of carbonyl (C=O) groups excluding carboxylic acids is 2. The second-order valence-corrected chi connectivity index (χ2v) is 10.9. The van der Waals surface area contributed by atoms with Crippen LogP contribution in [-0.2, 0) is 19.1 Å². The molecule has 0 radical (unpaired) electrons. The average molecular weight is 503 g/mol. The van der Waals surface area contributed by atoms with Gasteiger partial charge in [0.1, 0.15) is 17.5 Å². The number of rotatable bonds is 11. The number of aliphatic hydroxyl groups is 1. The van der Waals surface area contributed by atoms with E-state index in [4.69, 9.17) is 24.3 Å². The Morgan fingerprint density at radius 1 is 1.17 bits per heavy atom. The van der Waals surface area contributed by atoms with E-state index in [1.165, 1.54) is 19.3 Å². The highest BCUT2D eigenvalue weighted by Gasteiger charge is 2.50. The lowest BCUT2D eigenvalue weighted by Crippen LogP contribution is -2.52. The molecule has 1 saturated carbocycles. The van der Waals surface area contributed by atoms with E-state index in [0.29, 0.717) is 37.1 Å². The van der Waals surface area contributed by atoms with Gasteiger partial charge in [-0.3, -0.25) is 9.59 Å². The minimum atomic E-state index is -1.21. The number of esters is 1. The van der Waals surface area contributed by atoms with Crippen molar-refractivity contribution in [2.45, 2.75) is 96.3 Å². The van der Waals surface area contributed by atoms with Gasteiger partial charge in [-0.25, -0.2) is 4.99 Å². The molecular formula is C28H42N2O6. The maximum absolute atomic E-state index is 13.6. The summed E-state index contributed by atoms with van der Waals surface area (Å²) in [5, 5.41) is 12.1. The van der Waals surface area contributed by atoms with Crippen LogP contribution in [0.4, 0.5) is 0 Å². The molecule has 1 fully saturated rings. The minimum Gasteiger partial charge on any atom is -0.494 e. The Morgan fingerprint density at radius 3 is 2.50 bits per heavy atom. The zero-order valence-electron chi connectivity index (χ0n) is 22.2. The number of nitrogens with one attached hydrogen (secondary N) is 1. The molecule has 0 aromatic heterocycles. The molecule has 3 rings (SSSR count). The van der Waals surface area contributed by atoms with Gasteiger partial charge in [-0.05, 0) is 77.1 Å². The van der Waals surface area contributed by atoms with Gasteiger partial charge in [-0.15, -0.1) is 0 Å². The third-order valence-corrected chi connectivity index (χ3v) is 6.73. The van der Waals surface area contributed by atoms with Crippen LogP contribution in [0.25, 0.3) is 0 Å². The predicted molar refractivity (Wildman–Crippen MR) is 138 cm³/mol. The van der Waals surface area contributed by atoms with E-state index in [1.54, 1.807) is 0 Å². The van der Waals surface area contributed by atoms with Crippen LogP contribution in [0.3, 0.4) is 0 Å². The van der Waals surface area contributed by atoms with Crippen molar-refractivity contribution in [2.24, 2.45) is 10.9 Å². The van der Waals surface area contributed by atoms with E-state index < -0.39 is 17.2 Å². The molecule has 200 valence electrons. The zero-order valence-corrected chi connectivity index (χ0v) is 22.2. The molecule has 1 aliphatic heterocycles. The molecule has 0 spiro atoms. The van der Waals surface area contributed by atoms with Gasteiger partial charge in [0, 0.05) is 31.6 Å². The number of aliphatic imine (C=N–C) groups is 1. The topological polar surface area (TPSA) is 106 Å². The van der Waals surface area contributed by atoms with E-state index in [0.717, 1.165) is 18.4 Å². The Balaban J connectivity index is 1.77. The van der Waals surface area contributed by atoms with Gasteiger partial charge in [0.15, 0.2) is 5.54 Å². The molecule has 2 atom stereocenters. The molecule has 1 amide bonds. The smallest absolute Gasteiger partial charge is 0.306 e. The summed E-state index contributed by atoms with van der Waals surface area (Å²) in [5.74, 6) is 0.969. The van der Waals surface area contributed by atoms with E-state index >= 15 is 0 Å². The van der Waals surface area contributed by atoms with Crippen molar-refractivity contribution in [3.05, 3.63) is 29.8 Å². The number of aliphatic hydroxyl groups excluding tert-OH is 1. The largest absolute Gasteiger partial charge is 0.494 e. The average Bonchev–Trinajstić information content (AvgIpc) is 3.18. The highest BCUT2D eigenvalue weighted by atomic mass is 16.6. The fourth-order valence-corrected chi connectivity index (χ4v) is 4.72. The van der Waals surface area contributed by atoms with Gasteiger partial charge in [-0.2, -0.15) is 0 Å². The molecule has 1 heterocycles. The minimum absolute atomic E-state index is 0.0657. The Kier molecular flexibility index (Phi) is 9.77. The number of amides is 1. The first-order valence-corrected chi connectivity index (χ1v) is 13.2. The molecular weight excluding hydrogens is 460 g/mol. The monoisotopic (exact) mass is 502 g/mol. The molecule has 2 N–H and O–H groups in total. The summed E-state index contributed by atoms with van der Waals surface area (Å²) in [6, 6.07) is 7.30. The van der Waals surface area contributed by atoms with Crippen LogP contribution in [0.15, 0.2) is 29.3 Å². The highest BCUT2D eigenvalue weighted by Crippen LogP contribution is 2.34. The Morgan fingerprint density at radius 2 is 1.86 bits per heavy atom. The third kappa shape index (κ3) is 7.69. The van der Waals surface area contributed by atoms with Crippen LogP contribution in [0, 0.1) is 5.92 Å². The molecule has 0 unspecified atom stereocenters. The number of hydrogen-bond donors (Lipinski definition) is 2. The van der Waals surface area contributed by atoms with Gasteiger partial charge in [-0.1, -0.05) is 19.3 Å². The summed E-state index contributed by atoms with van der Waals surface area (Å²) in [4.78, 5) is 30.9. The summed E-state index contributed by atoms with van der Waals surface area (Å²) in [7, 11) is 0. The second kappa shape index (κ2) is 12.6. The lowest BCUT2D eigenvalue weighted by Gasteiger charge is -2.30. The van der Waals surface area contributed by atoms with Crippen molar-refractivity contribution < 1.29 is 28.9 Å². The van der Waals surface area contributed by atoms with Crippen LogP contribution < -0.4 is 10.1 Å². The predicted octanol–water partition coefficient (Wildman–Crippen LogP) is 4.17. The summed E-state index contributed by atoms with van der Waals surface area (Å²) in [6.45, 7) is 8.43. The van der Waals surface area contributed by atoms with Crippen molar-refractivity contribution in [3.63, 3.8) is 0 Å². The maximum atomic E-state index is 13.6. The van der Waals surface area contributed by atoms with Crippen LogP contribution in [0.2, 0.25) is 0 Å². The SMILES string of the molecule is C[C@H]1OC(c2ccc(OCCCO)cc2)=N[C@@]1(CCC(=O)OC(C)(C)C)C(=O)NCC1CCCCC1. The van der Waals surface area contributed by atoms with Crippen molar-refractivity contribution in [3.8, 4) is 5.75 Å². The first-order chi connectivity index (χ1) is 17.1. The van der Waals surface area contributed by atoms with Gasteiger partial charge in [0.2, 0.25) is 5.90 Å². The Labute approximate surface area is 214 Å². The van der Waals surface area contributed by atoms with Gasteiger partial charge in [0.05, 0.1) is 6.61 Å². The number of benzene rings is 1. The van der Waals surface area contributed by atoms with Crippen LogP contribution in [0.5, 0.6) is 5.75 Å². The molecule has 1 aliphatic carbocycles. The molecule has 36 heavy (non-hydrogen) atoms. The van der Waals surface area contributed by atoms with Crippen LogP contribution in [-0.4, -0.2) is 59.9 Å². The van der Waals surface area contributed by atoms with Crippen LogP contribution >= 0.6 is 0 Å². The standard InChI is InChI=1S/C28H42N2O6/c1-20-28(16-15-24(32)36-27(2,3)4,26(33)29-19-21-9-6-5-7-10-21)30-25(35-20)22-11-13-23(14-12-22)34-18-8-17-31/h11-14,20-21,31H,5-10,15-19H2,1-4H3,(H,29,33)/t20-,28-/m1/s1. The van der Waals surface area contributed by atoms with Crippen LogP contribution in [0.1, 0.15) is 84.6 Å². The molecule has 0 saturated heterocycles. The summed E-state index contributed by atoms with van der Waals surface area (Å²) >= 11 is 0. The quantitative estimate of drug-likeness (QED) is 0.347. The number of ether oxygens (including phenoxy) is 3. The van der Waals surface area contributed by atoms with E-state index in [9.17, 15) is 9.59 Å². The Bertz CT molecular complexity index is 902. The number of hydrogen-bond acceptors (Lipinski definition) is 7. The van der Waals surface area contributed by atoms with Crippen molar-refractivity contribution in [1.29, 1.82) is 0 Å². The summed E-state index contributed by atoms with van der Waals surface area (Å²) in [5.41, 5.74) is -1.08. The number of carbonyl (C=O) groups is 2. The summed E-state index contributed by atoms with van der Waals surface area (Å²) < 4.78 is 17.2. The van der Waals surface area contributed by atoms with Crippen molar-refractivity contribution in [1.82, 2.24) is 5.32 Å². The third-order valence-electron chi connectivity index (χ3n) is 6.73. The fourth-order valence-electron chi connectivity index (χ4n) is 4.72. The van der Waals surface area contributed by atoms with E-state index in [1.807, 2.05) is 52.0 Å². The molecule has 0 bridgehead atoms. The van der Waals surface area contributed by atoms with Crippen molar-refractivity contribution in [2.75, 3.05) is 19.8 Å². The normalized spacial score (nSPS) is 22.5. The van der Waals surface area contributed by atoms with Gasteiger partial charge >= 0.3 is 5.97 Å². The molecule has 2 aliphatic rings.